The van der Waals surface area contributed by atoms with Crippen molar-refractivity contribution in [1.29, 1.82) is 0 Å². The van der Waals surface area contributed by atoms with Crippen LogP contribution in [0.3, 0.4) is 0 Å². The normalized spacial score (nSPS) is 19.4. The Balaban J connectivity index is 1.49. The number of fused-ring (bicyclic) bond motifs is 1. The molecule has 0 aromatic heterocycles. The second-order valence-corrected chi connectivity index (χ2v) is 12.7. The van der Waals surface area contributed by atoms with E-state index in [-0.39, 0.29) is 5.02 Å². The number of carbonyl (C=O) groups is 1. The molecule has 0 bridgehead atoms. The van der Waals surface area contributed by atoms with Crippen LogP contribution in [-0.4, -0.2) is 56.5 Å². The fraction of sp³-hybridized carbons (Fsp3) is 0.519. The Hall–Kier alpha value is -1.85. The third kappa shape index (κ3) is 7.27. The minimum absolute atomic E-state index is 0.117. The van der Waals surface area contributed by atoms with Crippen molar-refractivity contribution in [2.45, 2.75) is 74.6 Å². The van der Waals surface area contributed by atoms with E-state index in [1.165, 1.54) is 48.9 Å². The Labute approximate surface area is 237 Å². The lowest BCUT2D eigenvalue weighted by atomic mass is 9.85. The number of hydrogen-bond acceptors (Lipinski definition) is 4. The number of benzene rings is 2. The molecular weight excluding hydrogens is 574 g/mol. The van der Waals surface area contributed by atoms with Crippen LogP contribution in [-0.2, 0) is 27.8 Å². The molecule has 2 atom stereocenters. The van der Waals surface area contributed by atoms with Gasteiger partial charge < -0.3 is 4.90 Å². The highest BCUT2D eigenvalue weighted by atomic mass is 35.5. The number of carbonyl (C=O) groups excluding carboxylic acids is 1. The number of sulfonamides is 1. The van der Waals surface area contributed by atoms with E-state index in [9.17, 15) is 26.4 Å². The number of alkyl halides is 3. The summed E-state index contributed by atoms with van der Waals surface area (Å²) < 4.78 is 68.9. The number of aryl methyl sites for hydroxylation is 1. The van der Waals surface area contributed by atoms with E-state index in [0.717, 1.165) is 49.7 Å². The van der Waals surface area contributed by atoms with Crippen LogP contribution in [0, 0.1) is 0 Å². The minimum Gasteiger partial charge on any atom is -0.339 e. The summed E-state index contributed by atoms with van der Waals surface area (Å²) in [5, 5.41) is -0.511. The second-order valence-electron chi connectivity index (χ2n) is 10.3. The highest BCUT2D eigenvalue weighted by Crippen LogP contribution is 2.36. The fourth-order valence-electron chi connectivity index (χ4n) is 5.38. The van der Waals surface area contributed by atoms with Gasteiger partial charge in [0.15, 0.2) is 0 Å². The van der Waals surface area contributed by atoms with Gasteiger partial charge in [0.25, 0.3) is 0 Å². The summed E-state index contributed by atoms with van der Waals surface area (Å²) in [6.07, 6.45) is -0.200. The number of amides is 1. The molecule has 6 nitrogen and oxygen atoms in total. The van der Waals surface area contributed by atoms with Gasteiger partial charge in [-0.15, -0.1) is 0 Å². The lowest BCUT2D eigenvalue weighted by molar-refractivity contribution is -0.161. The highest BCUT2D eigenvalue weighted by Gasteiger charge is 2.45. The zero-order valence-electron chi connectivity index (χ0n) is 21.6. The van der Waals surface area contributed by atoms with Crippen LogP contribution < -0.4 is 4.72 Å². The van der Waals surface area contributed by atoms with Crippen LogP contribution in [0.5, 0.6) is 0 Å². The zero-order chi connectivity index (χ0) is 28.4. The minimum atomic E-state index is -5.01. The SMILES string of the molecule is CN(C(=O)C[C@H](NS(=O)(=O)c1cccc(Cl)c1Cl)C(F)(F)F)[C@@H]1CCCc2cc(CN3CCCCC3)ccc21. The van der Waals surface area contributed by atoms with Gasteiger partial charge in [-0.05, 0) is 74.0 Å². The third-order valence-electron chi connectivity index (χ3n) is 7.48. The maximum Gasteiger partial charge on any atom is 0.405 e. The Kier molecular flexibility index (Phi) is 9.53. The van der Waals surface area contributed by atoms with E-state index >= 15 is 0 Å². The molecule has 2 aromatic rings. The molecule has 0 unspecified atom stereocenters. The molecule has 0 saturated carbocycles. The molecular formula is C27H32Cl2F3N3O3S. The molecule has 0 spiro atoms. The maximum absolute atomic E-state index is 13.9. The lowest BCUT2D eigenvalue weighted by Gasteiger charge is -2.35. The van der Waals surface area contributed by atoms with E-state index in [4.69, 9.17) is 23.2 Å². The first-order valence-corrected chi connectivity index (χ1v) is 15.2. The van der Waals surface area contributed by atoms with Crippen LogP contribution >= 0.6 is 23.2 Å². The first-order valence-electron chi connectivity index (χ1n) is 13.0. The van der Waals surface area contributed by atoms with E-state index in [1.54, 1.807) is 4.72 Å². The van der Waals surface area contributed by atoms with Gasteiger partial charge in [0.05, 0.1) is 22.5 Å². The van der Waals surface area contributed by atoms with Crippen molar-refractivity contribution >= 4 is 39.1 Å². The lowest BCUT2D eigenvalue weighted by Crippen LogP contribution is -2.48. The Bertz CT molecular complexity index is 1300. The zero-order valence-corrected chi connectivity index (χ0v) is 23.9. The van der Waals surface area contributed by atoms with Gasteiger partial charge >= 0.3 is 6.18 Å². The number of hydrogen-bond donors (Lipinski definition) is 1. The number of nitrogens with zero attached hydrogens (tertiary/aromatic N) is 2. The van der Waals surface area contributed by atoms with Crippen molar-refractivity contribution in [3.63, 3.8) is 0 Å². The molecule has 1 aliphatic carbocycles. The van der Waals surface area contributed by atoms with E-state index < -0.39 is 50.5 Å². The maximum atomic E-state index is 13.9. The number of likely N-dealkylation sites (tertiary alicyclic amines) is 1. The van der Waals surface area contributed by atoms with E-state index in [1.807, 2.05) is 12.1 Å². The largest absolute Gasteiger partial charge is 0.405 e. The van der Waals surface area contributed by atoms with Crippen molar-refractivity contribution in [1.82, 2.24) is 14.5 Å². The van der Waals surface area contributed by atoms with Gasteiger partial charge in [-0.3, -0.25) is 9.69 Å². The Morgan fingerprint density at radius 2 is 1.85 bits per heavy atom. The van der Waals surface area contributed by atoms with Crippen molar-refractivity contribution in [3.05, 3.63) is 63.1 Å². The predicted molar refractivity (Wildman–Crippen MR) is 145 cm³/mol. The monoisotopic (exact) mass is 605 g/mol. The van der Waals surface area contributed by atoms with Crippen LogP contribution in [0.25, 0.3) is 0 Å². The fourth-order valence-corrected chi connectivity index (χ4v) is 7.36. The van der Waals surface area contributed by atoms with E-state index in [0.29, 0.717) is 6.42 Å². The van der Waals surface area contributed by atoms with Crippen molar-refractivity contribution < 1.29 is 26.4 Å². The standard InChI is InChI=1S/C27H32Cl2F3N3O3S/c1-34(22-9-5-7-19-15-18(11-12-20(19)22)17-35-13-3-2-4-14-35)25(36)16-24(27(30,31)32)33-39(37,38)23-10-6-8-21(28)26(23)29/h6,8,10-12,15,22,24,33H,2-5,7,9,13-14,16-17H2,1H3/t22-,24+/m1/s1. The quantitative estimate of drug-likeness (QED) is 0.394. The second kappa shape index (κ2) is 12.3. The van der Waals surface area contributed by atoms with Crippen molar-refractivity contribution in [3.8, 4) is 0 Å². The number of nitrogens with one attached hydrogen (secondary N) is 1. The van der Waals surface area contributed by atoms with Gasteiger partial charge in [0.2, 0.25) is 15.9 Å². The average molecular weight is 607 g/mol. The predicted octanol–water partition coefficient (Wildman–Crippen LogP) is 6.11. The highest BCUT2D eigenvalue weighted by molar-refractivity contribution is 7.89. The number of halogens is 5. The van der Waals surface area contributed by atoms with Gasteiger partial charge in [-0.2, -0.15) is 17.9 Å². The molecule has 39 heavy (non-hydrogen) atoms. The molecule has 1 fully saturated rings. The summed E-state index contributed by atoms with van der Waals surface area (Å²) in [4.78, 5) is 16.3. The van der Waals surface area contributed by atoms with E-state index in [2.05, 4.69) is 11.0 Å². The first-order chi connectivity index (χ1) is 18.4. The summed E-state index contributed by atoms with van der Waals surface area (Å²) >= 11 is 11.8. The molecule has 214 valence electrons. The van der Waals surface area contributed by atoms with Gasteiger partial charge in [0.1, 0.15) is 10.9 Å². The van der Waals surface area contributed by atoms with Gasteiger partial charge in [-0.1, -0.05) is 53.9 Å². The van der Waals surface area contributed by atoms with Gasteiger partial charge in [0, 0.05) is 13.6 Å². The topological polar surface area (TPSA) is 69.7 Å². The molecule has 1 aliphatic heterocycles. The number of piperidine rings is 1. The Morgan fingerprint density at radius 3 is 2.54 bits per heavy atom. The molecule has 0 radical (unpaired) electrons. The molecule has 2 aromatic carbocycles. The first kappa shape index (κ1) is 30.1. The molecule has 2 aliphatic rings. The van der Waals surface area contributed by atoms with Gasteiger partial charge in [-0.25, -0.2) is 8.42 Å². The average Bonchev–Trinajstić information content (AvgIpc) is 2.88. The van der Waals surface area contributed by atoms with Crippen LogP contribution in [0.4, 0.5) is 13.2 Å². The molecule has 1 N–H and O–H groups in total. The van der Waals surface area contributed by atoms with Crippen LogP contribution in [0.2, 0.25) is 10.0 Å². The van der Waals surface area contributed by atoms with Crippen LogP contribution in [0.15, 0.2) is 41.3 Å². The summed E-state index contributed by atoms with van der Waals surface area (Å²) in [5.41, 5.74) is 3.22. The summed E-state index contributed by atoms with van der Waals surface area (Å²) in [6.45, 7) is 3.01. The number of rotatable bonds is 8. The smallest absolute Gasteiger partial charge is 0.339 e. The summed E-state index contributed by atoms with van der Waals surface area (Å²) in [6, 6.07) is 6.77. The van der Waals surface area contributed by atoms with Crippen molar-refractivity contribution in [2.75, 3.05) is 20.1 Å². The molecule has 12 heteroatoms. The molecule has 1 amide bonds. The molecule has 1 saturated heterocycles. The Morgan fingerprint density at radius 1 is 1.13 bits per heavy atom. The summed E-state index contributed by atoms with van der Waals surface area (Å²) in [5.74, 6) is -0.813. The summed E-state index contributed by atoms with van der Waals surface area (Å²) in [7, 11) is -3.25. The van der Waals surface area contributed by atoms with Crippen molar-refractivity contribution in [2.24, 2.45) is 0 Å². The van der Waals surface area contributed by atoms with Crippen LogP contribution in [0.1, 0.15) is 61.3 Å². The molecule has 1 heterocycles. The molecule has 4 rings (SSSR count). The third-order valence-corrected chi connectivity index (χ3v) is 9.93.